The van der Waals surface area contributed by atoms with Crippen LogP contribution in [0.5, 0.6) is 11.5 Å². The highest BCUT2D eigenvalue weighted by Crippen LogP contribution is 2.29. The highest BCUT2D eigenvalue weighted by Gasteiger charge is 2.28. The Kier molecular flexibility index (Phi) is 7.54. The molecule has 0 unspecified atom stereocenters. The lowest BCUT2D eigenvalue weighted by Gasteiger charge is -2.22. The van der Waals surface area contributed by atoms with Crippen LogP contribution >= 0.6 is 23.2 Å². The van der Waals surface area contributed by atoms with E-state index in [2.05, 4.69) is 4.74 Å². The average molecular weight is 448 g/mol. The zero-order chi connectivity index (χ0) is 20.9. The summed E-state index contributed by atoms with van der Waals surface area (Å²) in [5.74, 6) is 0.261. The van der Waals surface area contributed by atoms with Crippen molar-refractivity contribution < 1.29 is 27.4 Å². The van der Waals surface area contributed by atoms with Crippen LogP contribution in [0.3, 0.4) is 0 Å². The summed E-state index contributed by atoms with van der Waals surface area (Å²) in [5.41, 5.74) is 0.559. The number of nitrogens with zero attached hydrogens (tertiary/aromatic N) is 1. The van der Waals surface area contributed by atoms with Gasteiger partial charge in [0.2, 0.25) is 10.0 Å². The molecule has 0 fully saturated rings. The van der Waals surface area contributed by atoms with Gasteiger partial charge in [0.15, 0.2) is 0 Å². The molecule has 152 valence electrons. The van der Waals surface area contributed by atoms with Crippen molar-refractivity contribution in [1.29, 1.82) is 0 Å². The van der Waals surface area contributed by atoms with Crippen molar-refractivity contribution in [2.24, 2.45) is 0 Å². The van der Waals surface area contributed by atoms with Crippen molar-refractivity contribution >= 4 is 39.2 Å². The summed E-state index contributed by atoms with van der Waals surface area (Å²) in [4.78, 5) is 11.7. The Balaban J connectivity index is 2.47. The van der Waals surface area contributed by atoms with Crippen molar-refractivity contribution in [3.8, 4) is 11.5 Å². The SMILES string of the molecule is COC(=O)CN(Cc1cc(OC)cc(OC)c1)S(=O)(=O)c1ccc(Cl)c(Cl)c1. The van der Waals surface area contributed by atoms with E-state index in [9.17, 15) is 13.2 Å². The molecule has 0 amide bonds. The summed E-state index contributed by atoms with van der Waals surface area (Å²) in [6, 6.07) is 8.88. The maximum atomic E-state index is 13.1. The Hall–Kier alpha value is -2.00. The Bertz CT molecular complexity index is 942. The first kappa shape index (κ1) is 22.3. The van der Waals surface area contributed by atoms with Crippen LogP contribution in [-0.2, 0) is 26.1 Å². The van der Waals surface area contributed by atoms with Crippen LogP contribution in [0.4, 0.5) is 0 Å². The molecule has 7 nitrogen and oxygen atoms in total. The second-order valence-electron chi connectivity index (χ2n) is 5.65. The fraction of sp³-hybridized carbons (Fsp3) is 0.278. The Morgan fingerprint density at radius 1 is 0.964 bits per heavy atom. The zero-order valence-corrected chi connectivity index (χ0v) is 17.8. The van der Waals surface area contributed by atoms with Crippen LogP contribution in [0.1, 0.15) is 5.56 Å². The van der Waals surface area contributed by atoms with Crippen LogP contribution in [0.2, 0.25) is 10.0 Å². The number of sulfonamides is 1. The van der Waals surface area contributed by atoms with Gasteiger partial charge in [-0.15, -0.1) is 0 Å². The van der Waals surface area contributed by atoms with Crippen molar-refractivity contribution in [2.45, 2.75) is 11.4 Å². The quantitative estimate of drug-likeness (QED) is 0.576. The van der Waals surface area contributed by atoms with Gasteiger partial charge in [0.05, 0.1) is 36.3 Å². The second kappa shape index (κ2) is 9.47. The number of carbonyl (C=O) groups excluding carboxylic acids is 1. The number of hydrogen-bond acceptors (Lipinski definition) is 6. The van der Waals surface area contributed by atoms with Crippen molar-refractivity contribution in [2.75, 3.05) is 27.9 Å². The first-order valence-corrected chi connectivity index (χ1v) is 10.1. The van der Waals surface area contributed by atoms with Crippen molar-refractivity contribution in [3.05, 3.63) is 52.0 Å². The fourth-order valence-corrected chi connectivity index (χ4v) is 4.14. The van der Waals surface area contributed by atoms with Gasteiger partial charge < -0.3 is 14.2 Å². The third-order valence-electron chi connectivity index (χ3n) is 3.83. The third-order valence-corrected chi connectivity index (χ3v) is 6.36. The third kappa shape index (κ3) is 5.29. The highest BCUT2D eigenvalue weighted by molar-refractivity contribution is 7.89. The summed E-state index contributed by atoms with van der Waals surface area (Å²) >= 11 is 11.8. The number of rotatable bonds is 8. The molecule has 0 spiro atoms. The van der Waals surface area contributed by atoms with Gasteiger partial charge in [0.1, 0.15) is 18.0 Å². The van der Waals surface area contributed by atoms with E-state index in [1.807, 2.05) is 0 Å². The maximum Gasteiger partial charge on any atom is 0.321 e. The molecule has 2 aromatic carbocycles. The summed E-state index contributed by atoms with van der Waals surface area (Å²) in [5, 5.41) is 0.307. The number of ether oxygens (including phenoxy) is 3. The number of hydrogen-bond donors (Lipinski definition) is 0. The number of halogens is 2. The van der Waals surface area contributed by atoms with Crippen LogP contribution in [0.15, 0.2) is 41.3 Å². The van der Waals surface area contributed by atoms with Gasteiger partial charge in [-0.1, -0.05) is 23.2 Å². The lowest BCUT2D eigenvalue weighted by Crippen LogP contribution is -2.35. The van der Waals surface area contributed by atoms with Gasteiger partial charge in [-0.05, 0) is 35.9 Å². The van der Waals surface area contributed by atoms with E-state index in [1.165, 1.54) is 39.5 Å². The molecule has 0 bridgehead atoms. The molecule has 0 aliphatic rings. The molecule has 2 aromatic rings. The van der Waals surface area contributed by atoms with Crippen LogP contribution in [0, 0.1) is 0 Å². The molecule has 0 heterocycles. The van der Waals surface area contributed by atoms with E-state index < -0.39 is 22.5 Å². The molecule has 0 aliphatic heterocycles. The van der Waals surface area contributed by atoms with Crippen molar-refractivity contribution in [3.63, 3.8) is 0 Å². The predicted octanol–water partition coefficient (Wildman–Crippen LogP) is 3.37. The minimum Gasteiger partial charge on any atom is -0.497 e. The van der Waals surface area contributed by atoms with E-state index >= 15 is 0 Å². The molecule has 0 aromatic heterocycles. The summed E-state index contributed by atoms with van der Waals surface area (Å²) in [6.45, 7) is -0.607. The minimum absolute atomic E-state index is 0.0869. The minimum atomic E-state index is -4.08. The Morgan fingerprint density at radius 2 is 1.57 bits per heavy atom. The smallest absolute Gasteiger partial charge is 0.321 e. The zero-order valence-electron chi connectivity index (χ0n) is 15.4. The number of esters is 1. The molecule has 28 heavy (non-hydrogen) atoms. The summed E-state index contributed by atoms with van der Waals surface area (Å²) in [7, 11) is 0.0731. The molecule has 0 saturated heterocycles. The molecule has 0 atom stereocenters. The van der Waals surface area contributed by atoms with Crippen molar-refractivity contribution in [1.82, 2.24) is 4.31 Å². The van der Waals surface area contributed by atoms with E-state index in [-0.39, 0.29) is 21.5 Å². The number of methoxy groups -OCH3 is 3. The van der Waals surface area contributed by atoms with E-state index in [1.54, 1.807) is 18.2 Å². The van der Waals surface area contributed by atoms with E-state index in [0.29, 0.717) is 17.1 Å². The lowest BCUT2D eigenvalue weighted by atomic mass is 10.2. The second-order valence-corrected chi connectivity index (χ2v) is 8.40. The van der Waals surface area contributed by atoms with Gasteiger partial charge in [0, 0.05) is 12.6 Å². The van der Waals surface area contributed by atoms with E-state index in [0.717, 1.165) is 4.31 Å². The fourth-order valence-electron chi connectivity index (χ4n) is 2.38. The predicted molar refractivity (Wildman–Crippen MR) is 106 cm³/mol. The molecule has 10 heteroatoms. The van der Waals surface area contributed by atoms with E-state index in [4.69, 9.17) is 32.7 Å². The molecule has 0 aliphatic carbocycles. The van der Waals surface area contributed by atoms with Crippen LogP contribution < -0.4 is 9.47 Å². The summed E-state index contributed by atoms with van der Waals surface area (Å²) < 4.78 is 42.3. The Morgan fingerprint density at radius 3 is 2.07 bits per heavy atom. The van der Waals surface area contributed by atoms with Crippen LogP contribution in [-0.4, -0.2) is 46.6 Å². The first-order chi connectivity index (χ1) is 13.2. The molecular weight excluding hydrogens is 429 g/mol. The van der Waals surface area contributed by atoms with Gasteiger partial charge in [-0.25, -0.2) is 8.42 Å². The van der Waals surface area contributed by atoms with Gasteiger partial charge >= 0.3 is 5.97 Å². The monoisotopic (exact) mass is 447 g/mol. The van der Waals surface area contributed by atoms with Crippen LogP contribution in [0.25, 0.3) is 0 Å². The average Bonchev–Trinajstić information content (AvgIpc) is 2.68. The van der Waals surface area contributed by atoms with Gasteiger partial charge in [-0.3, -0.25) is 4.79 Å². The molecule has 0 saturated carbocycles. The van der Waals surface area contributed by atoms with Gasteiger partial charge in [0.25, 0.3) is 0 Å². The maximum absolute atomic E-state index is 13.1. The molecule has 0 radical (unpaired) electrons. The molecule has 0 N–H and O–H groups in total. The highest BCUT2D eigenvalue weighted by atomic mass is 35.5. The normalized spacial score (nSPS) is 11.4. The van der Waals surface area contributed by atoms with Gasteiger partial charge in [-0.2, -0.15) is 4.31 Å². The molecular formula is C18H19Cl2NO6S. The standard InChI is InChI=1S/C18H19Cl2NO6S/c1-25-13-6-12(7-14(8-13)26-2)10-21(11-18(22)27-3)28(23,24)15-4-5-16(19)17(20)9-15/h4-9H,10-11H2,1-3H3. The largest absolute Gasteiger partial charge is 0.497 e. The number of benzene rings is 2. The summed E-state index contributed by atoms with van der Waals surface area (Å²) in [6.07, 6.45) is 0. The lowest BCUT2D eigenvalue weighted by molar-refractivity contribution is -0.140. The topological polar surface area (TPSA) is 82.1 Å². The Labute approximate surface area is 173 Å². The molecule has 2 rings (SSSR count). The first-order valence-electron chi connectivity index (χ1n) is 7.95. The number of carbonyl (C=O) groups is 1.